The van der Waals surface area contributed by atoms with Gasteiger partial charge in [-0.3, -0.25) is 4.98 Å². The Kier molecular flexibility index (Phi) is 3.83. The van der Waals surface area contributed by atoms with Gasteiger partial charge < -0.3 is 10.4 Å². The van der Waals surface area contributed by atoms with Crippen molar-refractivity contribution in [3.8, 4) is 0 Å². The van der Waals surface area contributed by atoms with Gasteiger partial charge in [-0.15, -0.1) is 0 Å². The van der Waals surface area contributed by atoms with E-state index in [9.17, 15) is 9.50 Å². The number of nitrogens with zero attached hydrogens (tertiary/aromatic N) is 1. The zero-order chi connectivity index (χ0) is 14.0. The lowest BCUT2D eigenvalue weighted by Crippen LogP contribution is -2.38. The first-order chi connectivity index (χ1) is 8.88. The van der Waals surface area contributed by atoms with Crippen molar-refractivity contribution in [1.29, 1.82) is 0 Å². The van der Waals surface area contributed by atoms with Gasteiger partial charge in [-0.1, -0.05) is 6.07 Å². The normalized spacial score (nSPS) is 13.7. The van der Waals surface area contributed by atoms with Crippen LogP contribution in [0.5, 0.6) is 0 Å². The molecular formula is C15H19FN2O. The van der Waals surface area contributed by atoms with E-state index in [1.165, 1.54) is 6.07 Å². The predicted octanol–water partition coefficient (Wildman–Crippen LogP) is 2.80. The minimum atomic E-state index is -0.919. The number of fused-ring (bicyclic) bond motifs is 1. The van der Waals surface area contributed by atoms with Crippen molar-refractivity contribution in [2.45, 2.75) is 32.4 Å². The molecule has 19 heavy (non-hydrogen) atoms. The summed E-state index contributed by atoms with van der Waals surface area (Å²) in [7, 11) is 0. The SMILES string of the molecule is CC(C)(C)NC[C@H](O)c1c(F)ccc2cccnc12. The first-order valence-electron chi connectivity index (χ1n) is 6.35. The molecule has 3 nitrogen and oxygen atoms in total. The Morgan fingerprint density at radius 3 is 2.74 bits per heavy atom. The maximum Gasteiger partial charge on any atom is 0.131 e. The fourth-order valence-corrected chi connectivity index (χ4v) is 1.97. The molecule has 2 N–H and O–H groups in total. The molecule has 0 spiro atoms. The van der Waals surface area contributed by atoms with Crippen molar-refractivity contribution in [3.05, 3.63) is 41.8 Å². The summed E-state index contributed by atoms with van der Waals surface area (Å²) in [4.78, 5) is 4.18. The third-order valence-corrected chi connectivity index (χ3v) is 2.92. The molecule has 4 heteroatoms. The molecular weight excluding hydrogens is 243 g/mol. The van der Waals surface area contributed by atoms with Crippen molar-refractivity contribution in [1.82, 2.24) is 10.3 Å². The third kappa shape index (κ3) is 3.28. The number of aromatic nitrogens is 1. The first kappa shape index (κ1) is 13.9. The summed E-state index contributed by atoms with van der Waals surface area (Å²) < 4.78 is 14.0. The van der Waals surface area contributed by atoms with Gasteiger partial charge in [-0.2, -0.15) is 0 Å². The first-order valence-corrected chi connectivity index (χ1v) is 6.35. The van der Waals surface area contributed by atoms with E-state index in [-0.39, 0.29) is 17.6 Å². The Hall–Kier alpha value is -1.52. The molecule has 2 aromatic rings. The Morgan fingerprint density at radius 2 is 2.05 bits per heavy atom. The lowest BCUT2D eigenvalue weighted by atomic mass is 10.0. The molecule has 1 heterocycles. The molecule has 0 aliphatic carbocycles. The van der Waals surface area contributed by atoms with Crippen LogP contribution in [0.2, 0.25) is 0 Å². The molecule has 0 saturated heterocycles. The third-order valence-electron chi connectivity index (χ3n) is 2.92. The standard InChI is InChI=1S/C15H19FN2O/c1-15(2,3)18-9-12(19)13-11(16)7-6-10-5-4-8-17-14(10)13/h4-8,12,18-19H,9H2,1-3H3/t12-/m0/s1. The van der Waals surface area contributed by atoms with Crippen LogP contribution < -0.4 is 5.32 Å². The molecule has 0 unspecified atom stereocenters. The van der Waals surface area contributed by atoms with E-state index in [0.717, 1.165) is 5.39 Å². The molecule has 2 rings (SSSR count). The van der Waals surface area contributed by atoms with Crippen LogP contribution >= 0.6 is 0 Å². The highest BCUT2D eigenvalue weighted by Gasteiger charge is 2.19. The molecule has 0 aliphatic heterocycles. The minimum Gasteiger partial charge on any atom is -0.387 e. The number of hydrogen-bond donors (Lipinski definition) is 2. The van der Waals surface area contributed by atoms with E-state index in [4.69, 9.17) is 0 Å². The van der Waals surface area contributed by atoms with E-state index >= 15 is 0 Å². The highest BCUT2D eigenvalue weighted by molar-refractivity contribution is 5.82. The molecule has 0 amide bonds. The second-order valence-corrected chi connectivity index (χ2v) is 5.68. The van der Waals surface area contributed by atoms with Gasteiger partial charge in [0.05, 0.1) is 11.6 Å². The molecule has 102 valence electrons. The Balaban J connectivity index is 2.35. The number of rotatable bonds is 3. The number of halogens is 1. The van der Waals surface area contributed by atoms with Crippen LogP contribution in [0.1, 0.15) is 32.4 Å². The van der Waals surface area contributed by atoms with E-state index in [2.05, 4.69) is 10.3 Å². The van der Waals surface area contributed by atoms with Gasteiger partial charge in [0.25, 0.3) is 0 Å². The van der Waals surface area contributed by atoms with E-state index < -0.39 is 11.9 Å². The number of pyridine rings is 1. The summed E-state index contributed by atoms with van der Waals surface area (Å²) in [5.41, 5.74) is 0.649. The smallest absolute Gasteiger partial charge is 0.131 e. The average molecular weight is 262 g/mol. The summed E-state index contributed by atoms with van der Waals surface area (Å²) >= 11 is 0. The molecule has 1 aromatic carbocycles. The van der Waals surface area contributed by atoms with Crippen molar-refractivity contribution in [2.75, 3.05) is 6.54 Å². The van der Waals surface area contributed by atoms with Crippen LogP contribution in [0.3, 0.4) is 0 Å². The summed E-state index contributed by atoms with van der Waals surface area (Å²) in [6.45, 7) is 6.28. The summed E-state index contributed by atoms with van der Waals surface area (Å²) in [5, 5.41) is 14.2. The molecule has 0 radical (unpaired) electrons. The average Bonchev–Trinajstić information content (AvgIpc) is 2.35. The van der Waals surface area contributed by atoms with Gasteiger partial charge in [0.15, 0.2) is 0 Å². The zero-order valence-corrected chi connectivity index (χ0v) is 11.4. The van der Waals surface area contributed by atoms with Gasteiger partial charge in [-0.25, -0.2) is 4.39 Å². The molecule has 0 bridgehead atoms. The van der Waals surface area contributed by atoms with Crippen molar-refractivity contribution in [3.63, 3.8) is 0 Å². The molecule has 0 saturated carbocycles. The lowest BCUT2D eigenvalue weighted by Gasteiger charge is -2.23. The fourth-order valence-electron chi connectivity index (χ4n) is 1.97. The minimum absolute atomic E-state index is 0.129. The Morgan fingerprint density at radius 1 is 1.32 bits per heavy atom. The van der Waals surface area contributed by atoms with Crippen molar-refractivity contribution in [2.24, 2.45) is 0 Å². The van der Waals surface area contributed by atoms with E-state index in [1.54, 1.807) is 18.3 Å². The Bertz CT molecular complexity index is 578. The van der Waals surface area contributed by atoms with Crippen molar-refractivity contribution >= 4 is 10.9 Å². The number of β-amino-alcohol motifs (C(OH)–C–C–N with tert-alkyl or cyclic N) is 1. The van der Waals surface area contributed by atoms with Crippen LogP contribution in [0.15, 0.2) is 30.5 Å². The number of aliphatic hydroxyl groups is 1. The number of hydrogen-bond acceptors (Lipinski definition) is 3. The van der Waals surface area contributed by atoms with Gasteiger partial charge in [0.2, 0.25) is 0 Å². The van der Waals surface area contributed by atoms with E-state index in [0.29, 0.717) is 5.52 Å². The highest BCUT2D eigenvalue weighted by Crippen LogP contribution is 2.25. The molecule has 0 fully saturated rings. The fraction of sp³-hybridized carbons (Fsp3) is 0.400. The van der Waals surface area contributed by atoms with Crippen LogP contribution in [-0.2, 0) is 0 Å². The highest BCUT2D eigenvalue weighted by atomic mass is 19.1. The summed E-state index contributed by atoms with van der Waals surface area (Å²) in [6.07, 6.45) is 0.688. The van der Waals surface area contributed by atoms with E-state index in [1.807, 2.05) is 26.8 Å². The van der Waals surface area contributed by atoms with Crippen LogP contribution in [-0.4, -0.2) is 22.2 Å². The number of aliphatic hydroxyl groups excluding tert-OH is 1. The van der Waals surface area contributed by atoms with Crippen LogP contribution in [0, 0.1) is 5.82 Å². The number of nitrogens with one attached hydrogen (secondary N) is 1. The van der Waals surface area contributed by atoms with Crippen LogP contribution in [0.25, 0.3) is 10.9 Å². The maximum atomic E-state index is 14.0. The lowest BCUT2D eigenvalue weighted by molar-refractivity contribution is 0.160. The van der Waals surface area contributed by atoms with Gasteiger partial charge in [0, 0.05) is 29.2 Å². The van der Waals surface area contributed by atoms with Gasteiger partial charge in [0.1, 0.15) is 5.82 Å². The zero-order valence-electron chi connectivity index (χ0n) is 11.4. The maximum absolute atomic E-state index is 14.0. The summed E-state index contributed by atoms with van der Waals surface area (Å²) in [6, 6.07) is 6.70. The monoisotopic (exact) mass is 262 g/mol. The largest absolute Gasteiger partial charge is 0.387 e. The quantitative estimate of drug-likeness (QED) is 0.894. The van der Waals surface area contributed by atoms with Gasteiger partial charge in [-0.05, 0) is 39.0 Å². The number of benzene rings is 1. The topological polar surface area (TPSA) is 45.1 Å². The second kappa shape index (κ2) is 5.23. The molecule has 1 atom stereocenters. The Labute approximate surface area is 112 Å². The van der Waals surface area contributed by atoms with Crippen molar-refractivity contribution < 1.29 is 9.50 Å². The van der Waals surface area contributed by atoms with Gasteiger partial charge >= 0.3 is 0 Å². The molecule has 0 aliphatic rings. The predicted molar refractivity (Wildman–Crippen MR) is 74.4 cm³/mol. The summed E-state index contributed by atoms with van der Waals surface area (Å²) in [5.74, 6) is -0.422. The van der Waals surface area contributed by atoms with Crippen LogP contribution in [0.4, 0.5) is 4.39 Å². The second-order valence-electron chi connectivity index (χ2n) is 5.68. The molecule has 1 aromatic heterocycles.